The van der Waals surface area contributed by atoms with Crippen molar-refractivity contribution in [3.63, 3.8) is 0 Å². The van der Waals surface area contributed by atoms with Crippen molar-refractivity contribution in [2.75, 3.05) is 7.11 Å². The number of aromatic nitrogens is 2. The Bertz CT molecular complexity index is 351. The van der Waals surface area contributed by atoms with Crippen LogP contribution in [-0.2, 0) is 18.2 Å². The molecule has 4 nitrogen and oxygen atoms in total. The molecule has 0 aliphatic heterocycles. The van der Waals surface area contributed by atoms with E-state index >= 15 is 0 Å². The molecule has 16 heavy (non-hydrogen) atoms. The van der Waals surface area contributed by atoms with Crippen LogP contribution in [0.1, 0.15) is 24.7 Å². The van der Waals surface area contributed by atoms with Gasteiger partial charge in [-0.25, -0.2) is 0 Å². The van der Waals surface area contributed by atoms with Crippen LogP contribution in [0.25, 0.3) is 0 Å². The van der Waals surface area contributed by atoms with Crippen molar-refractivity contribution in [1.82, 2.24) is 9.78 Å². The molecule has 2 atom stereocenters. The van der Waals surface area contributed by atoms with Gasteiger partial charge in [-0.3, -0.25) is 4.68 Å². The lowest BCUT2D eigenvalue weighted by molar-refractivity contribution is 0.104. The molecule has 0 fully saturated rings. The highest BCUT2D eigenvalue weighted by atomic mass is 79.9. The summed E-state index contributed by atoms with van der Waals surface area (Å²) in [6.07, 6.45) is 1.86. The zero-order valence-corrected chi connectivity index (χ0v) is 11.9. The molecule has 1 aromatic rings. The summed E-state index contributed by atoms with van der Waals surface area (Å²) in [4.78, 5) is 0. The molecule has 1 heterocycles. The summed E-state index contributed by atoms with van der Waals surface area (Å²) in [5.74, 6) is 0. The van der Waals surface area contributed by atoms with E-state index < -0.39 is 0 Å². The van der Waals surface area contributed by atoms with Gasteiger partial charge in [0.2, 0.25) is 0 Å². The fraction of sp³-hybridized carbons (Fsp3) is 0.727. The van der Waals surface area contributed by atoms with Crippen LogP contribution in [0.15, 0.2) is 4.47 Å². The second-order valence-corrected chi connectivity index (χ2v) is 5.01. The Balaban J connectivity index is 2.65. The minimum absolute atomic E-state index is 0.0982. The highest BCUT2D eigenvalue weighted by Gasteiger charge is 2.15. The molecule has 5 heteroatoms. The van der Waals surface area contributed by atoms with Crippen molar-refractivity contribution < 1.29 is 4.74 Å². The van der Waals surface area contributed by atoms with Gasteiger partial charge in [-0.2, -0.15) is 5.10 Å². The summed E-state index contributed by atoms with van der Waals surface area (Å²) >= 11 is 3.54. The van der Waals surface area contributed by atoms with Crippen molar-refractivity contribution in [3.05, 3.63) is 15.9 Å². The summed E-state index contributed by atoms with van der Waals surface area (Å²) in [5, 5.41) is 4.35. The molecule has 0 radical (unpaired) electrons. The molecule has 0 spiro atoms. The number of nitrogens with zero attached hydrogens (tertiary/aromatic N) is 2. The van der Waals surface area contributed by atoms with Crippen LogP contribution < -0.4 is 5.73 Å². The first-order valence-corrected chi connectivity index (χ1v) is 6.21. The van der Waals surface area contributed by atoms with Gasteiger partial charge in [0.05, 0.1) is 22.0 Å². The van der Waals surface area contributed by atoms with Gasteiger partial charge in [0.25, 0.3) is 0 Å². The van der Waals surface area contributed by atoms with Gasteiger partial charge < -0.3 is 10.5 Å². The third kappa shape index (κ3) is 3.30. The number of nitrogens with two attached hydrogens (primary N) is 1. The summed E-state index contributed by atoms with van der Waals surface area (Å²) in [7, 11) is 3.65. The zero-order chi connectivity index (χ0) is 12.3. The number of aryl methyl sites for hydroxylation is 2. The van der Waals surface area contributed by atoms with E-state index in [0.29, 0.717) is 0 Å². The van der Waals surface area contributed by atoms with Crippen LogP contribution in [-0.4, -0.2) is 29.0 Å². The van der Waals surface area contributed by atoms with E-state index in [1.165, 1.54) is 0 Å². The molecule has 1 aromatic heterocycles. The molecule has 1 rings (SSSR count). The van der Waals surface area contributed by atoms with Crippen molar-refractivity contribution >= 4 is 15.9 Å². The van der Waals surface area contributed by atoms with E-state index in [-0.39, 0.29) is 12.1 Å². The van der Waals surface area contributed by atoms with Crippen molar-refractivity contribution in [2.45, 2.75) is 38.8 Å². The van der Waals surface area contributed by atoms with E-state index in [2.05, 4.69) is 21.0 Å². The molecule has 0 aliphatic carbocycles. The topological polar surface area (TPSA) is 53.1 Å². The Morgan fingerprint density at radius 1 is 1.56 bits per heavy atom. The summed E-state index contributed by atoms with van der Waals surface area (Å²) in [6, 6.07) is 0.0982. The van der Waals surface area contributed by atoms with E-state index in [0.717, 1.165) is 28.7 Å². The maximum Gasteiger partial charge on any atom is 0.0738 e. The molecule has 0 aliphatic rings. The monoisotopic (exact) mass is 289 g/mol. The third-order valence-corrected chi connectivity index (χ3v) is 3.79. The lowest BCUT2D eigenvalue weighted by atomic mass is 10.1. The number of hydrogen-bond donors (Lipinski definition) is 1. The van der Waals surface area contributed by atoms with Gasteiger partial charge >= 0.3 is 0 Å². The highest BCUT2D eigenvalue weighted by molar-refractivity contribution is 9.10. The fourth-order valence-electron chi connectivity index (χ4n) is 1.76. The standard InChI is InChI=1S/C11H20BrN3O/c1-7(16-4)5-9(13)6-10-11(12)8(2)14-15(10)3/h7,9H,5-6,13H2,1-4H3. The number of hydrogen-bond acceptors (Lipinski definition) is 3. The van der Waals surface area contributed by atoms with E-state index in [1.807, 2.05) is 25.6 Å². The van der Waals surface area contributed by atoms with Crippen LogP contribution in [0.3, 0.4) is 0 Å². The van der Waals surface area contributed by atoms with E-state index in [1.54, 1.807) is 7.11 Å². The lowest BCUT2D eigenvalue weighted by Gasteiger charge is -2.16. The molecular weight excluding hydrogens is 270 g/mol. The predicted molar refractivity (Wildman–Crippen MR) is 68.4 cm³/mol. The number of ether oxygens (including phenoxy) is 1. The van der Waals surface area contributed by atoms with E-state index in [4.69, 9.17) is 10.5 Å². The first kappa shape index (κ1) is 13.7. The molecular formula is C11H20BrN3O. The average Bonchev–Trinajstić information content (AvgIpc) is 2.45. The SMILES string of the molecule is COC(C)CC(N)Cc1c(Br)c(C)nn1C. The molecule has 92 valence electrons. The molecule has 0 saturated heterocycles. The number of methoxy groups -OCH3 is 1. The maximum absolute atomic E-state index is 6.09. The fourth-order valence-corrected chi connectivity index (χ4v) is 2.25. The highest BCUT2D eigenvalue weighted by Crippen LogP contribution is 2.21. The Labute approximate surface area is 105 Å². The summed E-state index contributed by atoms with van der Waals surface area (Å²) in [5.41, 5.74) is 8.24. The molecule has 0 amide bonds. The first-order valence-electron chi connectivity index (χ1n) is 5.42. The van der Waals surface area contributed by atoms with Gasteiger partial charge in [-0.15, -0.1) is 0 Å². The van der Waals surface area contributed by atoms with Crippen LogP contribution in [0.2, 0.25) is 0 Å². The Kier molecular flexibility index (Phi) is 4.95. The average molecular weight is 290 g/mol. The van der Waals surface area contributed by atoms with Crippen molar-refractivity contribution in [3.8, 4) is 0 Å². The Morgan fingerprint density at radius 2 is 2.19 bits per heavy atom. The van der Waals surface area contributed by atoms with Gasteiger partial charge in [-0.1, -0.05) is 0 Å². The normalized spacial score (nSPS) is 15.1. The van der Waals surface area contributed by atoms with Crippen molar-refractivity contribution in [2.24, 2.45) is 12.8 Å². The molecule has 0 bridgehead atoms. The smallest absolute Gasteiger partial charge is 0.0738 e. The molecule has 0 saturated carbocycles. The predicted octanol–water partition coefficient (Wildman–Crippen LogP) is 1.79. The van der Waals surface area contributed by atoms with Crippen LogP contribution in [0.5, 0.6) is 0 Å². The summed E-state index contributed by atoms with van der Waals surface area (Å²) in [6.45, 7) is 4.01. The Morgan fingerprint density at radius 3 is 2.62 bits per heavy atom. The second-order valence-electron chi connectivity index (χ2n) is 4.22. The van der Waals surface area contributed by atoms with Crippen LogP contribution in [0.4, 0.5) is 0 Å². The second kappa shape index (κ2) is 5.80. The zero-order valence-electron chi connectivity index (χ0n) is 10.3. The van der Waals surface area contributed by atoms with Crippen LogP contribution >= 0.6 is 15.9 Å². The number of rotatable bonds is 5. The lowest BCUT2D eigenvalue weighted by Crippen LogP contribution is -2.28. The minimum atomic E-state index is 0.0982. The third-order valence-electron chi connectivity index (χ3n) is 2.75. The number of halogens is 1. The van der Waals surface area contributed by atoms with Gasteiger partial charge in [-0.05, 0) is 36.2 Å². The van der Waals surface area contributed by atoms with Gasteiger partial charge in [0, 0.05) is 26.6 Å². The van der Waals surface area contributed by atoms with Crippen LogP contribution in [0, 0.1) is 6.92 Å². The molecule has 2 unspecified atom stereocenters. The Hall–Kier alpha value is -0.390. The van der Waals surface area contributed by atoms with Gasteiger partial charge in [0.15, 0.2) is 0 Å². The maximum atomic E-state index is 6.09. The minimum Gasteiger partial charge on any atom is -0.382 e. The van der Waals surface area contributed by atoms with E-state index in [9.17, 15) is 0 Å². The quantitative estimate of drug-likeness (QED) is 0.899. The van der Waals surface area contributed by atoms with Crippen molar-refractivity contribution in [1.29, 1.82) is 0 Å². The largest absolute Gasteiger partial charge is 0.382 e. The summed E-state index contributed by atoms with van der Waals surface area (Å²) < 4.78 is 8.16. The molecule has 0 aromatic carbocycles. The molecule has 2 N–H and O–H groups in total. The first-order chi connectivity index (χ1) is 7.45. The van der Waals surface area contributed by atoms with Gasteiger partial charge in [0.1, 0.15) is 0 Å².